The number of anilines is 2. The minimum absolute atomic E-state index is 0.0139. The van der Waals surface area contributed by atoms with Crippen molar-refractivity contribution in [2.75, 3.05) is 17.6 Å². The number of benzene rings is 2. The molecule has 192 valence electrons. The number of carbonyl (C=O) groups excluding carboxylic acids is 2. The topological polar surface area (TPSA) is 205 Å². The molecule has 0 fully saturated rings. The number of hydrogen-bond donors (Lipinski definition) is 5. The normalized spacial score (nSPS) is 17.0. The van der Waals surface area contributed by atoms with E-state index in [9.17, 15) is 18.0 Å². The predicted octanol–water partition coefficient (Wildman–Crippen LogP) is 1.80. The van der Waals surface area contributed by atoms with Crippen LogP contribution in [0.1, 0.15) is 12.0 Å². The molecular formula is C23H22ClN7O5S. The van der Waals surface area contributed by atoms with Crippen LogP contribution in [0.2, 0.25) is 5.02 Å². The van der Waals surface area contributed by atoms with Crippen LogP contribution in [0.15, 0.2) is 70.8 Å². The van der Waals surface area contributed by atoms with Crippen molar-refractivity contribution in [3.05, 3.63) is 71.4 Å². The van der Waals surface area contributed by atoms with Gasteiger partial charge in [-0.1, -0.05) is 41.0 Å². The SMILES string of the molecule is NC(=O)NC[C@]1(C(=O)Nc2ccc(-c3ccccc3S(N)(=O)=O)cn2)CC(c2ccc(Cl)c(N)c2)=NO1. The number of nitrogens with zero attached hydrogens (tertiary/aromatic N) is 2. The Morgan fingerprint density at radius 2 is 1.84 bits per heavy atom. The fourth-order valence-corrected chi connectivity index (χ4v) is 4.57. The van der Waals surface area contributed by atoms with Crippen LogP contribution in [0.25, 0.3) is 11.1 Å². The highest BCUT2D eigenvalue weighted by atomic mass is 35.5. The first-order chi connectivity index (χ1) is 17.5. The Morgan fingerprint density at radius 1 is 1.11 bits per heavy atom. The Labute approximate surface area is 216 Å². The standard InChI is InChI=1S/C23H22ClN7O5S/c24-16-7-5-13(9-17(16)25)18-10-23(36-31-18,12-29-22(26)33)21(32)30-20-8-6-14(11-28-20)15-3-1-2-4-19(15)37(27,34)35/h1-9,11H,10,12,25H2,(H3,26,29,33)(H2,27,34,35)(H,28,30,32)/t23-/m0/s1. The molecule has 2 aromatic carbocycles. The van der Waals surface area contributed by atoms with Gasteiger partial charge in [0.05, 0.1) is 27.9 Å². The fourth-order valence-electron chi connectivity index (χ4n) is 3.69. The van der Waals surface area contributed by atoms with Crippen molar-refractivity contribution in [3.8, 4) is 11.1 Å². The van der Waals surface area contributed by atoms with E-state index in [1.165, 1.54) is 18.3 Å². The zero-order valence-electron chi connectivity index (χ0n) is 19.1. The first-order valence-electron chi connectivity index (χ1n) is 10.7. The van der Waals surface area contributed by atoms with Crippen molar-refractivity contribution in [2.45, 2.75) is 16.9 Å². The first-order valence-corrected chi connectivity index (χ1v) is 12.6. The van der Waals surface area contributed by atoms with Crippen LogP contribution in [0.4, 0.5) is 16.3 Å². The number of carbonyl (C=O) groups is 2. The summed E-state index contributed by atoms with van der Waals surface area (Å²) < 4.78 is 23.8. The summed E-state index contributed by atoms with van der Waals surface area (Å²) in [4.78, 5) is 34.4. The molecule has 1 aromatic heterocycles. The maximum Gasteiger partial charge on any atom is 0.312 e. The lowest BCUT2D eigenvalue weighted by Crippen LogP contribution is -2.52. The number of hydrogen-bond acceptors (Lipinski definition) is 8. The summed E-state index contributed by atoms with van der Waals surface area (Å²) in [5.74, 6) is -0.500. The molecule has 1 aliphatic heterocycles. The molecule has 14 heteroatoms. The van der Waals surface area contributed by atoms with Gasteiger partial charge in [0.15, 0.2) is 0 Å². The van der Waals surface area contributed by atoms with E-state index in [-0.39, 0.29) is 23.7 Å². The van der Waals surface area contributed by atoms with Gasteiger partial charge >= 0.3 is 6.03 Å². The lowest BCUT2D eigenvalue weighted by molar-refractivity contribution is -0.137. The van der Waals surface area contributed by atoms with E-state index < -0.39 is 27.6 Å². The third-order valence-electron chi connectivity index (χ3n) is 5.58. The number of pyridine rings is 1. The molecule has 0 unspecified atom stereocenters. The lowest BCUT2D eigenvalue weighted by Gasteiger charge is -2.25. The van der Waals surface area contributed by atoms with E-state index >= 15 is 0 Å². The van der Waals surface area contributed by atoms with Gasteiger partial charge in [-0.25, -0.2) is 23.3 Å². The Kier molecular flexibility index (Phi) is 7.03. The minimum Gasteiger partial charge on any atom is -0.398 e. The van der Waals surface area contributed by atoms with Crippen molar-refractivity contribution >= 4 is 50.8 Å². The van der Waals surface area contributed by atoms with Gasteiger partial charge in [0.2, 0.25) is 15.6 Å². The Balaban J connectivity index is 1.56. The maximum absolute atomic E-state index is 13.3. The molecule has 3 aromatic rings. The Hall–Kier alpha value is -4.20. The summed E-state index contributed by atoms with van der Waals surface area (Å²) in [7, 11) is -3.96. The second-order valence-corrected chi connectivity index (χ2v) is 10.1. The molecule has 0 saturated heterocycles. The molecule has 4 rings (SSSR count). The molecule has 1 atom stereocenters. The molecule has 3 amide bonds. The fraction of sp³-hybridized carbons (Fsp3) is 0.130. The van der Waals surface area contributed by atoms with E-state index in [4.69, 9.17) is 33.0 Å². The van der Waals surface area contributed by atoms with E-state index in [2.05, 4.69) is 20.8 Å². The third-order valence-corrected chi connectivity index (χ3v) is 6.90. The van der Waals surface area contributed by atoms with E-state index in [1.54, 1.807) is 42.5 Å². The monoisotopic (exact) mass is 543 g/mol. The van der Waals surface area contributed by atoms with Gasteiger partial charge in [-0.15, -0.1) is 0 Å². The molecule has 0 radical (unpaired) electrons. The molecule has 12 nitrogen and oxygen atoms in total. The number of sulfonamides is 1. The number of nitrogen functional groups attached to an aromatic ring is 1. The molecule has 2 heterocycles. The number of primary sulfonamides is 1. The van der Waals surface area contributed by atoms with Crippen molar-refractivity contribution in [3.63, 3.8) is 0 Å². The van der Waals surface area contributed by atoms with Crippen molar-refractivity contribution in [1.29, 1.82) is 0 Å². The van der Waals surface area contributed by atoms with Crippen LogP contribution in [0.3, 0.4) is 0 Å². The van der Waals surface area contributed by atoms with Gasteiger partial charge in [-0.05, 0) is 30.3 Å². The Bertz CT molecular complexity index is 1510. The van der Waals surface area contributed by atoms with Crippen LogP contribution < -0.4 is 27.2 Å². The number of primary amides is 1. The average molecular weight is 544 g/mol. The van der Waals surface area contributed by atoms with Crippen molar-refractivity contribution in [2.24, 2.45) is 16.0 Å². The first kappa shape index (κ1) is 25.9. The van der Waals surface area contributed by atoms with Gasteiger partial charge < -0.3 is 26.9 Å². The molecule has 0 aliphatic carbocycles. The van der Waals surface area contributed by atoms with E-state index in [1.807, 2.05) is 0 Å². The summed E-state index contributed by atoms with van der Waals surface area (Å²) in [5, 5.41) is 14.7. The smallest absolute Gasteiger partial charge is 0.312 e. The van der Waals surface area contributed by atoms with Crippen LogP contribution >= 0.6 is 11.6 Å². The second kappa shape index (κ2) is 10.0. The summed E-state index contributed by atoms with van der Waals surface area (Å²) in [6, 6.07) is 13.3. The predicted molar refractivity (Wildman–Crippen MR) is 138 cm³/mol. The van der Waals surface area contributed by atoms with E-state index in [0.717, 1.165) is 0 Å². The van der Waals surface area contributed by atoms with E-state index in [0.29, 0.717) is 33.1 Å². The van der Waals surface area contributed by atoms with Gasteiger partial charge in [0.25, 0.3) is 5.91 Å². The highest BCUT2D eigenvalue weighted by Crippen LogP contribution is 2.31. The van der Waals surface area contributed by atoms with Crippen LogP contribution in [-0.4, -0.2) is 43.2 Å². The number of nitrogens with two attached hydrogens (primary N) is 3. The molecule has 0 spiro atoms. The number of amides is 3. The summed E-state index contributed by atoms with van der Waals surface area (Å²) in [5.41, 5.74) is 11.6. The molecule has 0 bridgehead atoms. The third kappa shape index (κ3) is 5.63. The molecular weight excluding hydrogens is 522 g/mol. The highest BCUT2D eigenvalue weighted by Gasteiger charge is 2.47. The summed E-state index contributed by atoms with van der Waals surface area (Å²) in [6.45, 7) is -0.274. The van der Waals surface area contributed by atoms with Crippen molar-refractivity contribution in [1.82, 2.24) is 10.3 Å². The van der Waals surface area contributed by atoms with Gasteiger partial charge in [0.1, 0.15) is 5.82 Å². The molecule has 8 N–H and O–H groups in total. The number of urea groups is 1. The highest BCUT2D eigenvalue weighted by molar-refractivity contribution is 7.89. The van der Waals surface area contributed by atoms with Crippen molar-refractivity contribution < 1.29 is 22.8 Å². The van der Waals surface area contributed by atoms with Crippen LogP contribution in [0, 0.1) is 0 Å². The lowest BCUT2D eigenvalue weighted by atomic mass is 9.92. The Morgan fingerprint density at radius 3 is 2.49 bits per heavy atom. The van der Waals surface area contributed by atoms with Crippen LogP contribution in [0.5, 0.6) is 0 Å². The minimum atomic E-state index is -3.96. The summed E-state index contributed by atoms with van der Waals surface area (Å²) in [6.07, 6.45) is 1.38. The molecule has 37 heavy (non-hydrogen) atoms. The zero-order chi connectivity index (χ0) is 26.8. The number of rotatable bonds is 7. The number of oxime groups is 1. The summed E-state index contributed by atoms with van der Waals surface area (Å²) >= 11 is 5.99. The largest absolute Gasteiger partial charge is 0.398 e. The zero-order valence-corrected chi connectivity index (χ0v) is 20.7. The molecule has 1 aliphatic rings. The van der Waals surface area contributed by atoms with Gasteiger partial charge in [-0.3, -0.25) is 4.79 Å². The molecule has 0 saturated carbocycles. The quantitative estimate of drug-likeness (QED) is 0.279. The number of halogens is 1. The number of nitrogens with one attached hydrogen (secondary N) is 2. The average Bonchev–Trinajstić information content (AvgIpc) is 3.30. The van der Waals surface area contributed by atoms with Gasteiger partial charge in [0, 0.05) is 29.3 Å². The maximum atomic E-state index is 13.3. The second-order valence-electron chi connectivity index (χ2n) is 8.18. The number of aromatic nitrogens is 1. The van der Waals surface area contributed by atoms with Gasteiger partial charge in [-0.2, -0.15) is 0 Å². The van der Waals surface area contributed by atoms with Crippen LogP contribution in [-0.2, 0) is 19.7 Å².